The molecule has 0 spiro atoms. The zero-order valence-corrected chi connectivity index (χ0v) is 20.1. The molecule has 0 radical (unpaired) electrons. The van der Waals surface area contributed by atoms with E-state index in [2.05, 4.69) is 47.9 Å². The quantitative estimate of drug-likeness (QED) is 0.404. The molecule has 4 rings (SSSR count). The summed E-state index contributed by atoms with van der Waals surface area (Å²) in [5.41, 5.74) is 3.30. The first-order valence-corrected chi connectivity index (χ1v) is 12.4. The number of thioether (sulfide) groups is 1. The van der Waals surface area contributed by atoms with Gasteiger partial charge in [0, 0.05) is 37.4 Å². The first kappa shape index (κ1) is 23.4. The highest BCUT2D eigenvalue weighted by atomic mass is 32.2. The second-order valence-electron chi connectivity index (χ2n) is 8.44. The van der Waals surface area contributed by atoms with E-state index in [0.29, 0.717) is 18.2 Å². The normalized spacial score (nSPS) is 18.4. The van der Waals surface area contributed by atoms with E-state index >= 15 is 0 Å². The summed E-state index contributed by atoms with van der Waals surface area (Å²) >= 11 is 1.01. The van der Waals surface area contributed by atoms with Gasteiger partial charge >= 0.3 is 0 Å². The molecule has 0 atom stereocenters. The molecule has 0 bridgehead atoms. The summed E-state index contributed by atoms with van der Waals surface area (Å²) in [4.78, 5) is 32.0. The van der Waals surface area contributed by atoms with Crippen molar-refractivity contribution in [3.63, 3.8) is 0 Å². The minimum atomic E-state index is -0.227. The molecule has 2 aliphatic rings. The van der Waals surface area contributed by atoms with Gasteiger partial charge in [0.25, 0.3) is 11.1 Å². The molecule has 2 amide bonds. The van der Waals surface area contributed by atoms with Crippen molar-refractivity contribution < 1.29 is 14.3 Å². The van der Waals surface area contributed by atoms with Crippen LogP contribution in [0.25, 0.3) is 6.08 Å². The average molecular weight is 466 g/mol. The maximum atomic E-state index is 13.0. The molecular weight excluding hydrogens is 434 g/mol. The Morgan fingerprint density at radius 3 is 2.58 bits per heavy atom. The standard InChI is InChI=1S/C26H31N3O3S/c1-3-4-16-32-23-11-6-5-9-21(23)18-24-25(30)29(26(31)33-24)19-27-12-14-28(15-13-27)22-10-7-8-20(2)17-22/h5-11,17-18H,3-4,12-16,19H2,1-2H3. The third-order valence-corrected chi connectivity index (χ3v) is 6.82. The highest BCUT2D eigenvalue weighted by Crippen LogP contribution is 2.34. The van der Waals surface area contributed by atoms with Crippen LogP contribution < -0.4 is 9.64 Å². The van der Waals surface area contributed by atoms with E-state index in [-0.39, 0.29) is 11.1 Å². The number of hydrogen-bond acceptors (Lipinski definition) is 6. The predicted octanol–water partition coefficient (Wildman–Crippen LogP) is 4.99. The number of ether oxygens (including phenoxy) is 1. The number of benzene rings is 2. The monoisotopic (exact) mass is 465 g/mol. The van der Waals surface area contributed by atoms with Crippen molar-refractivity contribution in [2.45, 2.75) is 26.7 Å². The Morgan fingerprint density at radius 2 is 1.82 bits per heavy atom. The Balaban J connectivity index is 1.37. The number of piperazine rings is 1. The third-order valence-electron chi connectivity index (χ3n) is 5.92. The van der Waals surface area contributed by atoms with E-state index in [9.17, 15) is 9.59 Å². The number of rotatable bonds is 8. The van der Waals surface area contributed by atoms with Gasteiger partial charge in [0.15, 0.2) is 0 Å². The first-order valence-electron chi connectivity index (χ1n) is 11.6. The summed E-state index contributed by atoms with van der Waals surface area (Å²) in [6.45, 7) is 8.55. The first-order chi connectivity index (χ1) is 16.0. The van der Waals surface area contributed by atoms with Gasteiger partial charge in [0.05, 0.1) is 18.2 Å². The number of carbonyl (C=O) groups is 2. The van der Waals surface area contributed by atoms with Crippen LogP contribution in [0.5, 0.6) is 5.75 Å². The Labute approximate surface area is 200 Å². The lowest BCUT2D eigenvalue weighted by atomic mass is 10.2. The van der Waals surface area contributed by atoms with Crippen LogP contribution in [0.3, 0.4) is 0 Å². The molecular formula is C26H31N3O3S. The van der Waals surface area contributed by atoms with Gasteiger partial charge in [-0.25, -0.2) is 0 Å². The number of unbranched alkanes of at least 4 members (excludes halogenated alkanes) is 1. The zero-order chi connectivity index (χ0) is 23.2. The van der Waals surface area contributed by atoms with Crippen LogP contribution in [0.4, 0.5) is 10.5 Å². The molecule has 2 saturated heterocycles. The van der Waals surface area contributed by atoms with Crippen molar-refractivity contribution in [2.75, 3.05) is 44.4 Å². The number of anilines is 1. The van der Waals surface area contributed by atoms with Crippen LogP contribution in [0.1, 0.15) is 30.9 Å². The smallest absolute Gasteiger partial charge is 0.294 e. The maximum absolute atomic E-state index is 13.0. The lowest BCUT2D eigenvalue weighted by Gasteiger charge is -2.37. The second kappa shape index (κ2) is 10.9. The summed E-state index contributed by atoms with van der Waals surface area (Å²) < 4.78 is 5.88. The van der Waals surface area contributed by atoms with Crippen LogP contribution in [-0.2, 0) is 4.79 Å². The summed E-state index contributed by atoms with van der Waals surface area (Å²) in [6.07, 6.45) is 3.81. The molecule has 2 heterocycles. The SMILES string of the molecule is CCCCOc1ccccc1C=C1SC(=O)N(CN2CCN(c3cccc(C)c3)CC2)C1=O. The summed E-state index contributed by atoms with van der Waals surface area (Å²) in [5, 5.41) is -0.211. The fourth-order valence-electron chi connectivity index (χ4n) is 3.99. The number of aryl methyl sites for hydroxylation is 1. The van der Waals surface area contributed by atoms with E-state index in [4.69, 9.17) is 4.74 Å². The lowest BCUT2D eigenvalue weighted by molar-refractivity contribution is -0.124. The largest absolute Gasteiger partial charge is 0.493 e. The highest BCUT2D eigenvalue weighted by molar-refractivity contribution is 8.18. The predicted molar refractivity (Wildman–Crippen MR) is 134 cm³/mol. The summed E-state index contributed by atoms with van der Waals surface area (Å²) in [6, 6.07) is 16.2. The Morgan fingerprint density at radius 1 is 1.03 bits per heavy atom. The number of amides is 2. The molecule has 33 heavy (non-hydrogen) atoms. The van der Waals surface area contributed by atoms with E-state index < -0.39 is 0 Å². The van der Waals surface area contributed by atoms with Crippen molar-refractivity contribution in [3.05, 3.63) is 64.6 Å². The number of hydrogen-bond donors (Lipinski definition) is 0. The average Bonchev–Trinajstić information content (AvgIpc) is 3.08. The van der Waals surface area contributed by atoms with Gasteiger partial charge in [-0.05, 0) is 54.9 Å². The van der Waals surface area contributed by atoms with Crippen molar-refractivity contribution >= 4 is 34.7 Å². The van der Waals surface area contributed by atoms with Crippen LogP contribution in [-0.4, -0.2) is 60.4 Å². The van der Waals surface area contributed by atoms with Gasteiger partial charge in [-0.3, -0.25) is 19.4 Å². The van der Waals surface area contributed by atoms with Crippen LogP contribution >= 0.6 is 11.8 Å². The zero-order valence-electron chi connectivity index (χ0n) is 19.3. The maximum Gasteiger partial charge on any atom is 0.294 e. The Kier molecular flexibility index (Phi) is 7.73. The molecule has 7 heteroatoms. The Bertz CT molecular complexity index is 1030. The minimum absolute atomic E-state index is 0.211. The lowest BCUT2D eigenvalue weighted by Crippen LogP contribution is -2.50. The molecule has 0 aromatic heterocycles. The molecule has 2 aromatic carbocycles. The fraction of sp³-hybridized carbons (Fsp3) is 0.385. The van der Waals surface area contributed by atoms with Gasteiger partial charge in [-0.15, -0.1) is 0 Å². The molecule has 0 unspecified atom stereocenters. The Hall–Kier alpha value is -2.77. The number of imide groups is 1. The molecule has 2 fully saturated rings. The van der Waals surface area contributed by atoms with Gasteiger partial charge in [-0.1, -0.05) is 43.7 Å². The van der Waals surface area contributed by atoms with Crippen molar-refractivity contribution in [3.8, 4) is 5.75 Å². The number of para-hydroxylation sites is 1. The van der Waals surface area contributed by atoms with Crippen molar-refractivity contribution in [1.82, 2.24) is 9.80 Å². The third kappa shape index (κ3) is 5.78. The topological polar surface area (TPSA) is 53.1 Å². The molecule has 174 valence electrons. The van der Waals surface area contributed by atoms with Crippen molar-refractivity contribution in [2.24, 2.45) is 0 Å². The molecule has 0 saturated carbocycles. The van der Waals surface area contributed by atoms with Crippen LogP contribution in [0, 0.1) is 6.92 Å². The van der Waals surface area contributed by atoms with Crippen LogP contribution in [0.2, 0.25) is 0 Å². The van der Waals surface area contributed by atoms with Crippen LogP contribution in [0.15, 0.2) is 53.4 Å². The van der Waals surface area contributed by atoms with E-state index in [1.165, 1.54) is 16.2 Å². The molecule has 2 aromatic rings. The van der Waals surface area contributed by atoms with Gasteiger partial charge in [0.2, 0.25) is 0 Å². The summed E-state index contributed by atoms with van der Waals surface area (Å²) in [7, 11) is 0. The molecule has 0 aliphatic carbocycles. The number of nitrogens with zero attached hydrogens (tertiary/aromatic N) is 3. The minimum Gasteiger partial charge on any atom is -0.493 e. The van der Waals surface area contributed by atoms with Crippen molar-refractivity contribution in [1.29, 1.82) is 0 Å². The van der Waals surface area contributed by atoms with Gasteiger partial charge < -0.3 is 9.64 Å². The van der Waals surface area contributed by atoms with Gasteiger partial charge in [0.1, 0.15) is 5.75 Å². The number of carbonyl (C=O) groups excluding carboxylic acids is 2. The van der Waals surface area contributed by atoms with E-state index in [0.717, 1.165) is 62.1 Å². The summed E-state index contributed by atoms with van der Waals surface area (Å²) in [5.74, 6) is 0.513. The highest BCUT2D eigenvalue weighted by Gasteiger charge is 2.36. The fourth-order valence-corrected chi connectivity index (χ4v) is 4.82. The van der Waals surface area contributed by atoms with E-state index in [1.54, 1.807) is 6.08 Å². The van der Waals surface area contributed by atoms with Gasteiger partial charge in [-0.2, -0.15) is 0 Å². The second-order valence-corrected chi connectivity index (χ2v) is 9.43. The molecule has 0 N–H and O–H groups in total. The van der Waals surface area contributed by atoms with E-state index in [1.807, 2.05) is 24.3 Å². The molecule has 2 aliphatic heterocycles. The molecule has 6 nitrogen and oxygen atoms in total.